The third-order valence-corrected chi connectivity index (χ3v) is 4.45. The first-order valence-electron chi connectivity index (χ1n) is 6.52. The highest BCUT2D eigenvalue weighted by atomic mass is 32.1. The first-order chi connectivity index (χ1) is 10.1. The summed E-state index contributed by atoms with van der Waals surface area (Å²) < 4.78 is 13.8. The zero-order valence-corrected chi connectivity index (χ0v) is 12.1. The van der Waals surface area contributed by atoms with Crippen LogP contribution in [-0.4, -0.2) is 16.1 Å². The van der Waals surface area contributed by atoms with Gasteiger partial charge in [-0.05, 0) is 23.9 Å². The van der Waals surface area contributed by atoms with E-state index in [9.17, 15) is 14.3 Å². The van der Waals surface area contributed by atoms with E-state index in [0.29, 0.717) is 22.5 Å². The summed E-state index contributed by atoms with van der Waals surface area (Å²) >= 11 is 1.13. The third kappa shape index (κ3) is 2.29. The minimum absolute atomic E-state index is 0.251. The van der Waals surface area contributed by atoms with Crippen molar-refractivity contribution in [1.29, 1.82) is 0 Å². The number of rotatable bonds is 3. The standard InChI is InChI=1S/C16H12FNO2S/c1-2-13-14(16(19)20)21-15(18-13)11-7-8-12(17)10-6-4-3-5-9(10)11/h3-8H,2H2,1H3,(H,19,20). The van der Waals surface area contributed by atoms with E-state index in [4.69, 9.17) is 0 Å². The molecule has 2 aromatic carbocycles. The van der Waals surface area contributed by atoms with Gasteiger partial charge in [0, 0.05) is 10.9 Å². The van der Waals surface area contributed by atoms with Crippen LogP contribution in [0.25, 0.3) is 21.3 Å². The average molecular weight is 301 g/mol. The van der Waals surface area contributed by atoms with Crippen LogP contribution in [0.1, 0.15) is 22.3 Å². The molecule has 3 nitrogen and oxygen atoms in total. The molecule has 3 rings (SSSR count). The normalized spacial score (nSPS) is 11.0. The molecule has 0 amide bonds. The Hall–Kier alpha value is -2.27. The van der Waals surface area contributed by atoms with E-state index in [-0.39, 0.29) is 10.7 Å². The van der Waals surface area contributed by atoms with Gasteiger partial charge >= 0.3 is 5.97 Å². The summed E-state index contributed by atoms with van der Waals surface area (Å²) in [7, 11) is 0. The van der Waals surface area contributed by atoms with E-state index < -0.39 is 5.97 Å². The maximum Gasteiger partial charge on any atom is 0.347 e. The lowest BCUT2D eigenvalue weighted by Gasteiger charge is -2.04. The molecule has 1 heterocycles. The van der Waals surface area contributed by atoms with Crippen LogP contribution >= 0.6 is 11.3 Å². The Balaban J connectivity index is 2.26. The monoisotopic (exact) mass is 301 g/mol. The van der Waals surface area contributed by atoms with Crippen molar-refractivity contribution in [2.75, 3.05) is 0 Å². The van der Waals surface area contributed by atoms with Gasteiger partial charge in [0.05, 0.1) is 5.69 Å². The lowest BCUT2D eigenvalue weighted by molar-refractivity contribution is 0.0701. The van der Waals surface area contributed by atoms with Gasteiger partial charge in [0.1, 0.15) is 15.7 Å². The van der Waals surface area contributed by atoms with Crippen LogP contribution in [0.2, 0.25) is 0 Å². The van der Waals surface area contributed by atoms with Crippen molar-refractivity contribution in [3.63, 3.8) is 0 Å². The molecule has 5 heteroatoms. The molecule has 1 N–H and O–H groups in total. The molecule has 0 atom stereocenters. The molecule has 0 spiro atoms. The summed E-state index contributed by atoms with van der Waals surface area (Å²) in [6.07, 6.45) is 0.553. The Kier molecular flexibility index (Phi) is 3.43. The van der Waals surface area contributed by atoms with Gasteiger partial charge in [0.15, 0.2) is 0 Å². The number of benzene rings is 2. The van der Waals surface area contributed by atoms with Crippen molar-refractivity contribution in [2.24, 2.45) is 0 Å². The number of thiazole rings is 1. The van der Waals surface area contributed by atoms with E-state index in [1.807, 2.05) is 19.1 Å². The molecule has 3 aromatic rings. The highest BCUT2D eigenvalue weighted by Gasteiger charge is 2.18. The fraction of sp³-hybridized carbons (Fsp3) is 0.125. The van der Waals surface area contributed by atoms with Crippen LogP contribution in [0.3, 0.4) is 0 Å². The van der Waals surface area contributed by atoms with E-state index in [0.717, 1.165) is 22.3 Å². The van der Waals surface area contributed by atoms with Gasteiger partial charge in [-0.15, -0.1) is 11.3 Å². The Labute approximate surface area is 124 Å². The van der Waals surface area contributed by atoms with E-state index in [1.54, 1.807) is 18.2 Å². The molecule has 21 heavy (non-hydrogen) atoms. The summed E-state index contributed by atoms with van der Waals surface area (Å²) in [6.45, 7) is 1.87. The maximum atomic E-state index is 13.8. The molecule has 0 aliphatic carbocycles. The van der Waals surface area contributed by atoms with Crippen molar-refractivity contribution in [3.8, 4) is 10.6 Å². The second-order valence-corrected chi connectivity index (χ2v) is 5.59. The van der Waals surface area contributed by atoms with Crippen molar-refractivity contribution in [3.05, 3.63) is 52.8 Å². The van der Waals surface area contributed by atoms with Gasteiger partial charge < -0.3 is 5.11 Å². The number of nitrogens with zero attached hydrogens (tertiary/aromatic N) is 1. The van der Waals surface area contributed by atoms with Crippen LogP contribution < -0.4 is 0 Å². The Morgan fingerprint density at radius 1 is 1.24 bits per heavy atom. The lowest BCUT2D eigenvalue weighted by atomic mass is 10.0. The Morgan fingerprint density at radius 2 is 1.95 bits per heavy atom. The van der Waals surface area contributed by atoms with Crippen LogP contribution in [0.15, 0.2) is 36.4 Å². The topological polar surface area (TPSA) is 50.2 Å². The van der Waals surface area contributed by atoms with Gasteiger partial charge in [0.25, 0.3) is 0 Å². The number of aryl methyl sites for hydroxylation is 1. The number of carboxylic acids is 1. The number of hydrogen-bond acceptors (Lipinski definition) is 3. The van der Waals surface area contributed by atoms with Gasteiger partial charge in [-0.2, -0.15) is 0 Å². The van der Waals surface area contributed by atoms with E-state index >= 15 is 0 Å². The number of halogens is 1. The fourth-order valence-electron chi connectivity index (χ4n) is 2.32. The summed E-state index contributed by atoms with van der Waals surface area (Å²) in [5, 5.41) is 11.1. The minimum Gasteiger partial charge on any atom is -0.477 e. The molecule has 0 saturated carbocycles. The number of hydrogen-bond donors (Lipinski definition) is 1. The number of carboxylic acid groups (broad SMARTS) is 1. The first-order valence-corrected chi connectivity index (χ1v) is 7.34. The smallest absolute Gasteiger partial charge is 0.347 e. The quantitative estimate of drug-likeness (QED) is 0.782. The van der Waals surface area contributed by atoms with Gasteiger partial charge in [-0.3, -0.25) is 0 Å². The number of aromatic carboxylic acids is 1. The predicted molar refractivity (Wildman–Crippen MR) is 81.4 cm³/mol. The third-order valence-electron chi connectivity index (χ3n) is 3.33. The van der Waals surface area contributed by atoms with Crippen molar-refractivity contribution in [2.45, 2.75) is 13.3 Å². The molecule has 0 fully saturated rings. The zero-order chi connectivity index (χ0) is 15.0. The molecular formula is C16H12FNO2S. The average Bonchev–Trinajstić information content (AvgIpc) is 2.92. The van der Waals surface area contributed by atoms with E-state index in [1.165, 1.54) is 6.07 Å². The Morgan fingerprint density at radius 3 is 2.57 bits per heavy atom. The SMILES string of the molecule is CCc1nc(-c2ccc(F)c3ccccc23)sc1C(=O)O. The van der Waals surface area contributed by atoms with Gasteiger partial charge in [-0.1, -0.05) is 31.2 Å². The molecule has 0 aliphatic heterocycles. The van der Waals surface area contributed by atoms with Crippen molar-refractivity contribution in [1.82, 2.24) is 4.98 Å². The molecule has 0 saturated heterocycles. The molecule has 1 aromatic heterocycles. The number of aromatic nitrogens is 1. The highest BCUT2D eigenvalue weighted by molar-refractivity contribution is 7.17. The fourth-order valence-corrected chi connectivity index (χ4v) is 3.35. The van der Waals surface area contributed by atoms with Crippen LogP contribution in [0.5, 0.6) is 0 Å². The minimum atomic E-state index is -0.970. The lowest BCUT2D eigenvalue weighted by Crippen LogP contribution is -1.97. The summed E-state index contributed by atoms with van der Waals surface area (Å²) in [4.78, 5) is 15.9. The van der Waals surface area contributed by atoms with Crippen molar-refractivity contribution >= 4 is 28.1 Å². The maximum absolute atomic E-state index is 13.8. The van der Waals surface area contributed by atoms with Crippen LogP contribution in [0.4, 0.5) is 4.39 Å². The van der Waals surface area contributed by atoms with Gasteiger partial charge in [-0.25, -0.2) is 14.2 Å². The molecule has 0 radical (unpaired) electrons. The number of fused-ring (bicyclic) bond motifs is 1. The van der Waals surface area contributed by atoms with Crippen LogP contribution in [0, 0.1) is 5.82 Å². The van der Waals surface area contributed by atoms with Crippen LogP contribution in [-0.2, 0) is 6.42 Å². The van der Waals surface area contributed by atoms with Crippen molar-refractivity contribution < 1.29 is 14.3 Å². The zero-order valence-electron chi connectivity index (χ0n) is 11.3. The summed E-state index contributed by atoms with van der Waals surface area (Å²) in [5.74, 6) is -1.26. The summed E-state index contributed by atoms with van der Waals surface area (Å²) in [5.41, 5.74) is 1.33. The second kappa shape index (κ2) is 5.26. The first kappa shape index (κ1) is 13.7. The second-order valence-electron chi connectivity index (χ2n) is 4.59. The van der Waals surface area contributed by atoms with Gasteiger partial charge in [0.2, 0.25) is 0 Å². The number of carbonyl (C=O) groups is 1. The molecule has 0 unspecified atom stereocenters. The molecule has 0 aliphatic rings. The largest absolute Gasteiger partial charge is 0.477 e. The molecular weight excluding hydrogens is 289 g/mol. The Bertz CT molecular complexity index is 841. The summed E-state index contributed by atoms with van der Waals surface area (Å²) in [6, 6.07) is 10.2. The predicted octanol–water partition coefficient (Wildman–Crippen LogP) is 4.36. The van der Waals surface area contributed by atoms with E-state index in [2.05, 4.69) is 4.98 Å². The highest BCUT2D eigenvalue weighted by Crippen LogP contribution is 2.34. The molecule has 106 valence electrons. The molecule has 0 bridgehead atoms.